The number of imidazole rings is 1. The van der Waals surface area contributed by atoms with Gasteiger partial charge in [-0.15, -0.1) is 0 Å². The summed E-state index contributed by atoms with van der Waals surface area (Å²) < 4.78 is 15.3. The van der Waals surface area contributed by atoms with Crippen molar-refractivity contribution in [3.8, 4) is 5.82 Å². The first-order chi connectivity index (χ1) is 8.74. The molecule has 0 aromatic carbocycles. The van der Waals surface area contributed by atoms with Crippen LogP contribution in [0.3, 0.4) is 0 Å². The quantitative estimate of drug-likeness (QED) is 0.905. The van der Waals surface area contributed by atoms with Crippen LogP contribution in [-0.4, -0.2) is 20.3 Å². The molecule has 1 aliphatic heterocycles. The van der Waals surface area contributed by atoms with E-state index in [-0.39, 0.29) is 5.82 Å². The van der Waals surface area contributed by atoms with Crippen molar-refractivity contribution in [3.05, 3.63) is 36.3 Å². The lowest BCUT2D eigenvalue weighted by Gasteiger charge is -2.04. The van der Waals surface area contributed by atoms with Gasteiger partial charge < -0.3 is 5.73 Å². The van der Waals surface area contributed by atoms with E-state index in [1.807, 2.05) is 18.0 Å². The first-order valence-corrected chi connectivity index (χ1v) is 6.86. The summed E-state index contributed by atoms with van der Waals surface area (Å²) in [7, 11) is 0. The van der Waals surface area contributed by atoms with Crippen LogP contribution in [0, 0.1) is 5.82 Å². The van der Waals surface area contributed by atoms with E-state index in [9.17, 15) is 4.39 Å². The van der Waals surface area contributed by atoms with Gasteiger partial charge >= 0.3 is 0 Å². The fourth-order valence-corrected chi connectivity index (χ4v) is 3.31. The highest BCUT2D eigenvalue weighted by atomic mass is 32.2. The number of halogens is 1. The third-order valence-corrected chi connectivity index (χ3v) is 4.35. The van der Waals surface area contributed by atoms with Crippen molar-refractivity contribution in [2.45, 2.75) is 18.1 Å². The van der Waals surface area contributed by atoms with Gasteiger partial charge in [0.2, 0.25) is 0 Å². The van der Waals surface area contributed by atoms with Crippen LogP contribution < -0.4 is 5.73 Å². The van der Waals surface area contributed by atoms with Crippen molar-refractivity contribution in [1.82, 2.24) is 14.5 Å². The molecule has 0 amide bonds. The Kier molecular flexibility index (Phi) is 2.95. The summed E-state index contributed by atoms with van der Waals surface area (Å²) in [5, 5.41) is 0.433. The Morgan fingerprint density at radius 3 is 3.06 bits per heavy atom. The molecular weight excluding hydrogens is 251 g/mol. The van der Waals surface area contributed by atoms with E-state index < -0.39 is 5.82 Å². The maximum absolute atomic E-state index is 13.7. The molecule has 94 valence electrons. The minimum atomic E-state index is -0.432. The topological polar surface area (TPSA) is 56.7 Å². The van der Waals surface area contributed by atoms with Crippen molar-refractivity contribution < 1.29 is 4.39 Å². The van der Waals surface area contributed by atoms with Crippen molar-refractivity contribution in [3.63, 3.8) is 0 Å². The molecule has 18 heavy (non-hydrogen) atoms. The predicted molar refractivity (Wildman–Crippen MR) is 70.2 cm³/mol. The molecule has 4 nitrogen and oxygen atoms in total. The molecule has 2 aromatic heterocycles. The summed E-state index contributed by atoms with van der Waals surface area (Å²) in [4.78, 5) is 8.35. The van der Waals surface area contributed by atoms with Crippen LogP contribution in [0.5, 0.6) is 0 Å². The molecule has 0 spiro atoms. The zero-order valence-electron chi connectivity index (χ0n) is 9.71. The molecule has 3 heterocycles. The van der Waals surface area contributed by atoms with Gasteiger partial charge in [-0.1, -0.05) is 0 Å². The van der Waals surface area contributed by atoms with Crippen LogP contribution in [0.25, 0.3) is 5.82 Å². The maximum Gasteiger partial charge on any atom is 0.174 e. The number of hydrogen-bond acceptors (Lipinski definition) is 4. The second-order valence-electron chi connectivity index (χ2n) is 4.28. The molecule has 0 bridgehead atoms. The molecular formula is C12H13FN4S. The second kappa shape index (κ2) is 4.61. The number of hydrogen-bond donors (Lipinski definition) is 1. The molecule has 6 heteroatoms. The van der Waals surface area contributed by atoms with E-state index in [2.05, 4.69) is 9.97 Å². The van der Waals surface area contributed by atoms with Gasteiger partial charge in [0.05, 0.1) is 17.6 Å². The summed E-state index contributed by atoms with van der Waals surface area (Å²) in [5.74, 6) is 0.982. The average Bonchev–Trinajstić information content (AvgIpc) is 2.99. The molecule has 1 aliphatic rings. The van der Waals surface area contributed by atoms with Crippen LogP contribution in [0.15, 0.2) is 24.8 Å². The lowest BCUT2D eigenvalue weighted by atomic mass is 10.2. The number of thioether (sulfide) groups is 1. The van der Waals surface area contributed by atoms with E-state index in [0.717, 1.165) is 12.1 Å². The smallest absolute Gasteiger partial charge is 0.174 e. The summed E-state index contributed by atoms with van der Waals surface area (Å²) in [5.41, 5.74) is 6.80. The Hall–Kier alpha value is -1.56. The average molecular weight is 264 g/mol. The molecule has 1 saturated heterocycles. The lowest BCUT2D eigenvalue weighted by molar-refractivity contribution is 0.610. The fraction of sp³-hybridized carbons (Fsp3) is 0.333. The van der Waals surface area contributed by atoms with Gasteiger partial charge in [0.15, 0.2) is 11.6 Å². The molecule has 2 N–H and O–H groups in total. The number of anilines is 1. The molecule has 0 aliphatic carbocycles. The first-order valence-electron chi connectivity index (χ1n) is 5.81. The molecule has 0 saturated carbocycles. The van der Waals surface area contributed by atoms with Gasteiger partial charge in [0, 0.05) is 17.5 Å². The minimum Gasteiger partial charge on any atom is -0.397 e. The highest BCUT2D eigenvalue weighted by molar-refractivity contribution is 7.99. The molecule has 2 aromatic rings. The van der Waals surface area contributed by atoms with Crippen LogP contribution in [0.2, 0.25) is 0 Å². The minimum absolute atomic E-state index is 0.242. The van der Waals surface area contributed by atoms with Gasteiger partial charge in [0.25, 0.3) is 0 Å². The number of aromatic nitrogens is 3. The second-order valence-corrected chi connectivity index (χ2v) is 5.59. The van der Waals surface area contributed by atoms with Crippen LogP contribution in [-0.2, 0) is 0 Å². The Balaban J connectivity index is 1.92. The summed E-state index contributed by atoms with van der Waals surface area (Å²) >= 11 is 1.90. The third-order valence-electron chi connectivity index (χ3n) is 2.95. The summed E-state index contributed by atoms with van der Waals surface area (Å²) in [6.07, 6.45) is 7.26. The maximum atomic E-state index is 13.7. The summed E-state index contributed by atoms with van der Waals surface area (Å²) in [6.45, 7) is 0. The Labute approximate surface area is 108 Å². The van der Waals surface area contributed by atoms with Crippen molar-refractivity contribution >= 4 is 17.4 Å². The highest BCUT2D eigenvalue weighted by Crippen LogP contribution is 2.39. The van der Waals surface area contributed by atoms with Gasteiger partial charge in [0.1, 0.15) is 6.33 Å². The number of pyridine rings is 1. The number of nitrogens with zero attached hydrogens (tertiary/aromatic N) is 3. The van der Waals surface area contributed by atoms with Crippen molar-refractivity contribution in [2.75, 3.05) is 11.5 Å². The lowest BCUT2D eigenvalue weighted by Crippen LogP contribution is -2.00. The van der Waals surface area contributed by atoms with E-state index in [0.29, 0.717) is 10.9 Å². The Morgan fingerprint density at radius 2 is 2.33 bits per heavy atom. The molecule has 1 fully saturated rings. The van der Waals surface area contributed by atoms with E-state index >= 15 is 0 Å². The monoisotopic (exact) mass is 264 g/mol. The zero-order valence-corrected chi connectivity index (χ0v) is 10.5. The largest absolute Gasteiger partial charge is 0.397 e. The van der Waals surface area contributed by atoms with Gasteiger partial charge in [-0.3, -0.25) is 4.57 Å². The Morgan fingerprint density at radius 1 is 1.44 bits per heavy atom. The van der Waals surface area contributed by atoms with Gasteiger partial charge in [-0.25, -0.2) is 14.4 Å². The highest BCUT2D eigenvalue weighted by Gasteiger charge is 2.20. The summed E-state index contributed by atoms with van der Waals surface area (Å²) in [6, 6.07) is 1.27. The third kappa shape index (κ3) is 2.08. The normalized spacial score (nSPS) is 19.3. The molecule has 3 rings (SSSR count). The van der Waals surface area contributed by atoms with Crippen LogP contribution >= 0.6 is 11.8 Å². The molecule has 0 radical (unpaired) electrons. The van der Waals surface area contributed by atoms with Crippen LogP contribution in [0.4, 0.5) is 10.1 Å². The SMILES string of the molecule is Nc1cnc(-n2cnc(C3CCCS3)c2)c(F)c1. The standard InChI is InChI=1S/C12H13FN4S/c13-9-4-8(14)5-15-12(9)17-6-10(16-7-17)11-2-1-3-18-11/h4-7,11H,1-3,14H2. The van der Waals surface area contributed by atoms with Crippen molar-refractivity contribution in [1.29, 1.82) is 0 Å². The predicted octanol–water partition coefficient (Wildman–Crippen LogP) is 2.56. The molecule has 1 unspecified atom stereocenters. The van der Waals surface area contributed by atoms with Crippen LogP contribution in [0.1, 0.15) is 23.8 Å². The number of nitrogen functional groups attached to an aromatic ring is 1. The Bertz CT molecular complexity index is 563. The van der Waals surface area contributed by atoms with E-state index in [1.165, 1.54) is 24.4 Å². The first kappa shape index (κ1) is 11.5. The number of nitrogens with two attached hydrogens (primary N) is 1. The van der Waals surface area contributed by atoms with Gasteiger partial charge in [-0.05, 0) is 18.6 Å². The molecule has 1 atom stereocenters. The van der Waals surface area contributed by atoms with Gasteiger partial charge in [-0.2, -0.15) is 11.8 Å². The fourth-order valence-electron chi connectivity index (χ4n) is 2.07. The number of rotatable bonds is 2. The zero-order chi connectivity index (χ0) is 12.5. The van der Waals surface area contributed by atoms with E-state index in [1.54, 1.807) is 10.9 Å². The van der Waals surface area contributed by atoms with E-state index in [4.69, 9.17) is 5.73 Å². The van der Waals surface area contributed by atoms with Crippen molar-refractivity contribution in [2.24, 2.45) is 0 Å².